The Hall–Kier alpha value is -2.85. The van der Waals surface area contributed by atoms with Crippen LogP contribution in [-0.2, 0) is 28.7 Å². The van der Waals surface area contributed by atoms with Gasteiger partial charge >= 0.3 is 23.9 Å². The number of carbonyl (C=O) groups is 5. The van der Waals surface area contributed by atoms with E-state index >= 15 is 0 Å². The van der Waals surface area contributed by atoms with E-state index in [0.717, 1.165) is 90.1 Å². The van der Waals surface area contributed by atoms with E-state index in [4.69, 9.17) is 25.2 Å². The summed E-state index contributed by atoms with van der Waals surface area (Å²) in [6.45, 7) is 2.35. The lowest BCUT2D eigenvalue weighted by molar-refractivity contribution is -0.154. The first-order valence-electron chi connectivity index (χ1n) is 18.7. The van der Waals surface area contributed by atoms with Crippen LogP contribution in [0, 0.1) is 23.7 Å². The van der Waals surface area contributed by atoms with Crippen LogP contribution in [0.5, 0.6) is 0 Å². The van der Waals surface area contributed by atoms with Gasteiger partial charge in [0, 0.05) is 37.0 Å². The number of carboxylic acids is 4. The van der Waals surface area contributed by atoms with Crippen molar-refractivity contribution in [3.05, 3.63) is 0 Å². The maximum Gasteiger partial charge on any atom is 0.323 e. The minimum absolute atomic E-state index is 0.0648. The van der Waals surface area contributed by atoms with Crippen molar-refractivity contribution in [2.45, 2.75) is 150 Å². The van der Waals surface area contributed by atoms with E-state index in [1.807, 2.05) is 0 Å². The van der Waals surface area contributed by atoms with Crippen molar-refractivity contribution in [2.75, 3.05) is 13.1 Å². The molecule has 0 amide bonds. The number of piperidine rings is 2. The molecule has 13 aliphatic rings. The summed E-state index contributed by atoms with van der Waals surface area (Å²) < 4.78 is 4.99. The summed E-state index contributed by atoms with van der Waals surface area (Å²) in [5.74, 6) is -0.714. The van der Waals surface area contributed by atoms with Crippen LogP contribution < -0.4 is 26.6 Å². The van der Waals surface area contributed by atoms with Gasteiger partial charge in [0.15, 0.2) is 5.72 Å². The molecule has 4 saturated carbocycles. The monoisotopic (exact) mass is 705 g/mol. The quantitative estimate of drug-likeness (QED) is 0.177. The van der Waals surface area contributed by atoms with E-state index in [-0.39, 0.29) is 17.7 Å². The summed E-state index contributed by atoms with van der Waals surface area (Å²) in [6, 6.07) is 1.44. The number of nitrogens with one attached hydrogen (secondary N) is 5. The highest BCUT2D eigenvalue weighted by atomic mass is 16.6. The van der Waals surface area contributed by atoms with Crippen molar-refractivity contribution in [3.8, 4) is 0 Å². The first kappa shape index (κ1) is 36.9. The zero-order valence-corrected chi connectivity index (χ0v) is 28.7. The average Bonchev–Trinajstić information content (AvgIpc) is 3.91. The minimum atomic E-state index is -0.676. The van der Waals surface area contributed by atoms with Gasteiger partial charge in [0.2, 0.25) is 0 Å². The zero-order valence-electron chi connectivity index (χ0n) is 28.7. The number of ether oxygens (including phenoxy) is 1. The Kier molecular flexibility index (Phi) is 11.1. The summed E-state index contributed by atoms with van der Waals surface area (Å²) in [7, 11) is 0. The number of fused-ring (bicyclic) bond motifs is 7. The molecule has 1 unspecified atom stereocenters. The molecule has 0 aromatic rings. The maximum atomic E-state index is 10.7. The molecule has 13 rings (SSSR count). The van der Waals surface area contributed by atoms with Crippen LogP contribution in [0.25, 0.3) is 0 Å². The number of carboxylic acid groups (broad SMARTS) is 4. The molecule has 9 saturated heterocycles. The largest absolute Gasteiger partial charge is 0.481 e. The smallest absolute Gasteiger partial charge is 0.323 e. The molecule has 0 radical (unpaired) electrons. The molecule has 9 heterocycles. The van der Waals surface area contributed by atoms with E-state index in [0.29, 0.717) is 48.4 Å². The second kappa shape index (κ2) is 15.0. The van der Waals surface area contributed by atoms with E-state index in [1.54, 1.807) is 0 Å². The standard InChI is InChI=1S/C9H15NO2.2C7H11NO2.2C6H9NO2/c11-9(12)8-5-6-3-1-2-4-7(6)10-8;9-5-10-7-3-1-6(8-7)2-4-7;9-6(10)7-3-5(4-7)1-2-8-7;8-5(9)6-1-4(2-6)3-7-6;8-6(9)5-3-1-2-4(5)7-3/h6-8,10H,1-5H2,(H,11,12);5-6,8H,1-4H2;5,8H,1-4H2,(H,9,10);4,7H,1-3H2,(H,8,9);3-5,7H,1-2H2,(H,8,9)/t6-,7-,8-;;;;3-,4+,5?/m0..../s1. The van der Waals surface area contributed by atoms with E-state index in [2.05, 4.69) is 26.6 Å². The second-order valence-electron chi connectivity index (χ2n) is 16.3. The fraction of sp³-hybridized carbons (Fsp3) is 0.857. The number of hydrogen-bond acceptors (Lipinski definition) is 11. The molecule has 6 atom stereocenters. The van der Waals surface area contributed by atoms with Gasteiger partial charge in [-0.3, -0.25) is 29.3 Å². The molecule has 4 aliphatic carbocycles. The molecule has 15 nitrogen and oxygen atoms in total. The summed E-state index contributed by atoms with van der Waals surface area (Å²) >= 11 is 0. The van der Waals surface area contributed by atoms with Crippen LogP contribution in [0.3, 0.4) is 0 Å². The lowest BCUT2D eigenvalue weighted by atomic mass is 9.64. The summed E-state index contributed by atoms with van der Waals surface area (Å²) in [5.41, 5.74) is -1.26. The Morgan fingerprint density at radius 2 is 1.30 bits per heavy atom. The normalized spacial score (nSPS) is 44.1. The Labute approximate surface area is 292 Å². The van der Waals surface area contributed by atoms with Gasteiger partial charge < -0.3 is 46.4 Å². The molecule has 9 aliphatic heterocycles. The summed E-state index contributed by atoms with van der Waals surface area (Å²) in [6.07, 6.45) is 16.8. The molecule has 9 N–H and O–H groups in total. The van der Waals surface area contributed by atoms with Gasteiger partial charge in [0.1, 0.15) is 17.1 Å². The lowest BCUT2D eigenvalue weighted by Crippen LogP contribution is -2.65. The summed E-state index contributed by atoms with van der Waals surface area (Å²) in [5, 5.41) is 50.5. The fourth-order valence-corrected chi connectivity index (χ4v) is 10.2. The number of carbonyl (C=O) groups excluding carboxylic acids is 1. The predicted molar refractivity (Wildman–Crippen MR) is 178 cm³/mol. The van der Waals surface area contributed by atoms with Crippen molar-refractivity contribution in [1.82, 2.24) is 26.6 Å². The van der Waals surface area contributed by atoms with Crippen molar-refractivity contribution >= 4 is 30.3 Å². The topological polar surface area (TPSA) is 236 Å². The highest BCUT2D eigenvalue weighted by Crippen LogP contribution is 2.44. The average molecular weight is 706 g/mol. The molecular formula is C35H55N5O10. The Morgan fingerprint density at radius 3 is 1.68 bits per heavy atom. The lowest BCUT2D eigenvalue weighted by Gasteiger charge is -2.49. The molecule has 280 valence electrons. The van der Waals surface area contributed by atoms with E-state index in [9.17, 15) is 24.0 Å². The number of aliphatic carboxylic acids is 4. The first-order valence-corrected chi connectivity index (χ1v) is 18.7. The van der Waals surface area contributed by atoms with Crippen LogP contribution in [0.4, 0.5) is 0 Å². The van der Waals surface area contributed by atoms with Crippen LogP contribution in [0.15, 0.2) is 0 Å². The van der Waals surface area contributed by atoms with Crippen LogP contribution in [0.1, 0.15) is 103 Å². The Bertz CT molecular complexity index is 1240. The Balaban J connectivity index is 0.000000108. The van der Waals surface area contributed by atoms with Crippen molar-refractivity contribution in [1.29, 1.82) is 0 Å². The molecule has 50 heavy (non-hydrogen) atoms. The molecule has 0 aromatic heterocycles. The molecule has 13 fully saturated rings. The van der Waals surface area contributed by atoms with Crippen molar-refractivity contribution in [2.24, 2.45) is 23.7 Å². The van der Waals surface area contributed by atoms with Gasteiger partial charge in [0.05, 0.1) is 5.92 Å². The van der Waals surface area contributed by atoms with Gasteiger partial charge in [-0.15, -0.1) is 0 Å². The van der Waals surface area contributed by atoms with Gasteiger partial charge in [-0.25, -0.2) is 0 Å². The minimum Gasteiger partial charge on any atom is -0.481 e. The molecule has 0 aromatic carbocycles. The van der Waals surface area contributed by atoms with Crippen LogP contribution >= 0.6 is 0 Å². The highest BCUT2D eigenvalue weighted by molar-refractivity contribution is 5.81. The van der Waals surface area contributed by atoms with E-state index in [1.165, 1.54) is 25.7 Å². The van der Waals surface area contributed by atoms with Gasteiger partial charge in [0.25, 0.3) is 6.47 Å². The SMILES string of the molecule is O=C(O)C12CC(CCN1)C2.O=C(O)C12CC(CN1)C2.O=C(O)C1[C@@H]2CC[C@H]1N2.O=C(O)[C@@H]1C[C@@H]2CCCC[C@@H]2N1.O=COC12CCC(CC1)N2. The molecule has 15 heteroatoms. The third-order valence-electron chi connectivity index (χ3n) is 13.2. The van der Waals surface area contributed by atoms with Gasteiger partial charge in [-0.05, 0) is 108 Å². The van der Waals surface area contributed by atoms with E-state index < -0.39 is 35.0 Å². The van der Waals surface area contributed by atoms with Gasteiger partial charge in [-0.2, -0.15) is 0 Å². The van der Waals surface area contributed by atoms with Crippen LogP contribution in [-0.4, -0.2) is 111 Å². The number of rotatable bonds is 6. The summed E-state index contributed by atoms with van der Waals surface area (Å²) in [4.78, 5) is 52.3. The third kappa shape index (κ3) is 7.67. The predicted octanol–water partition coefficient (Wildman–Crippen LogP) is 1.25. The zero-order chi connectivity index (χ0) is 35.7. The fourth-order valence-electron chi connectivity index (χ4n) is 10.2. The third-order valence-corrected chi connectivity index (χ3v) is 13.2. The molecular weight excluding hydrogens is 650 g/mol. The highest BCUT2D eigenvalue weighted by Gasteiger charge is 2.56. The maximum absolute atomic E-state index is 10.7. The van der Waals surface area contributed by atoms with Gasteiger partial charge in [-0.1, -0.05) is 12.8 Å². The number of hydrogen-bond donors (Lipinski definition) is 9. The molecule has 0 spiro atoms. The molecule has 8 bridgehead atoms. The first-order chi connectivity index (χ1) is 23.9. The second-order valence-corrected chi connectivity index (χ2v) is 16.3. The van der Waals surface area contributed by atoms with Crippen molar-refractivity contribution < 1.29 is 49.1 Å². The van der Waals surface area contributed by atoms with Crippen LogP contribution in [0.2, 0.25) is 0 Å². The Morgan fingerprint density at radius 1 is 0.680 bits per heavy atom. The van der Waals surface area contributed by atoms with Crippen molar-refractivity contribution in [3.63, 3.8) is 0 Å².